The number of amides is 4. The number of ether oxygens (including phenoxy) is 1. The van der Waals surface area contributed by atoms with Crippen LogP contribution in [0.3, 0.4) is 0 Å². The molecule has 3 fully saturated rings. The summed E-state index contributed by atoms with van der Waals surface area (Å²) in [5.74, 6) is -0.224. The van der Waals surface area contributed by atoms with Crippen LogP contribution in [-0.2, 0) is 20.8 Å². The Morgan fingerprint density at radius 2 is 2.03 bits per heavy atom. The van der Waals surface area contributed by atoms with E-state index in [1.807, 2.05) is 23.6 Å². The summed E-state index contributed by atoms with van der Waals surface area (Å²) in [5, 5.41) is 7.77. The van der Waals surface area contributed by atoms with Gasteiger partial charge in [-0.1, -0.05) is 24.3 Å². The number of rotatable bonds is 5. The maximum absolute atomic E-state index is 13.6. The first-order chi connectivity index (χ1) is 16.5. The second kappa shape index (κ2) is 9.09. The van der Waals surface area contributed by atoms with Crippen LogP contribution in [0, 0.1) is 0 Å². The molecule has 0 unspecified atom stereocenters. The van der Waals surface area contributed by atoms with Crippen molar-refractivity contribution < 1.29 is 23.9 Å². The lowest BCUT2D eigenvalue weighted by molar-refractivity contribution is -0.138. The van der Waals surface area contributed by atoms with Crippen LogP contribution in [0.15, 0.2) is 41.8 Å². The van der Waals surface area contributed by atoms with Gasteiger partial charge in [0.25, 0.3) is 5.91 Å². The van der Waals surface area contributed by atoms with Crippen LogP contribution in [0.1, 0.15) is 28.1 Å². The van der Waals surface area contributed by atoms with Crippen molar-refractivity contribution in [1.82, 2.24) is 20.4 Å². The molecule has 5 rings (SSSR count). The van der Waals surface area contributed by atoms with Gasteiger partial charge in [-0.05, 0) is 30.4 Å². The number of nitrogens with one attached hydrogen (secondary N) is 2. The molecule has 3 aliphatic rings. The third kappa shape index (κ3) is 4.02. The predicted octanol–water partition coefficient (Wildman–Crippen LogP) is 0.798. The number of para-hydroxylation sites is 1. The third-order valence-electron chi connectivity index (χ3n) is 6.77. The second-order valence-electron chi connectivity index (χ2n) is 8.82. The van der Waals surface area contributed by atoms with Crippen molar-refractivity contribution in [1.29, 1.82) is 0 Å². The highest BCUT2D eigenvalue weighted by atomic mass is 32.1. The number of likely N-dealkylation sites (tertiary alicyclic amines) is 1. The lowest BCUT2D eigenvalue weighted by Crippen LogP contribution is -2.52. The average molecular weight is 483 g/mol. The molecule has 1 aromatic heterocycles. The van der Waals surface area contributed by atoms with E-state index in [-0.39, 0.29) is 42.6 Å². The zero-order valence-electron chi connectivity index (χ0n) is 18.7. The zero-order valence-corrected chi connectivity index (χ0v) is 19.5. The summed E-state index contributed by atoms with van der Waals surface area (Å²) in [5.41, 5.74) is 0.764. The minimum absolute atomic E-state index is 0.138. The van der Waals surface area contributed by atoms with Gasteiger partial charge in [0.1, 0.15) is 17.8 Å². The summed E-state index contributed by atoms with van der Waals surface area (Å²) in [6, 6.07) is 8.72. The van der Waals surface area contributed by atoms with E-state index in [0.29, 0.717) is 30.0 Å². The van der Waals surface area contributed by atoms with Crippen LogP contribution in [0.25, 0.3) is 0 Å². The van der Waals surface area contributed by atoms with Gasteiger partial charge in [0.15, 0.2) is 0 Å². The molecule has 4 heterocycles. The van der Waals surface area contributed by atoms with E-state index < -0.39 is 18.1 Å². The molecule has 3 saturated heterocycles. The molecule has 10 heteroatoms. The molecule has 0 spiro atoms. The maximum Gasteiger partial charge on any atom is 0.264 e. The third-order valence-corrected chi connectivity index (χ3v) is 7.62. The van der Waals surface area contributed by atoms with E-state index >= 15 is 0 Å². The SMILES string of the molecule is COc1ccccc1CC(=O)N[C@@H]1C[C@H]2C(=O)N[C@@H]3CCN(C(=O)c4cccs4)[C@@H]3C(=O)N2C1. The first-order valence-corrected chi connectivity index (χ1v) is 12.2. The van der Waals surface area contributed by atoms with Crippen molar-refractivity contribution >= 4 is 35.0 Å². The van der Waals surface area contributed by atoms with Crippen molar-refractivity contribution in [3.05, 3.63) is 52.2 Å². The van der Waals surface area contributed by atoms with E-state index in [1.54, 1.807) is 30.2 Å². The van der Waals surface area contributed by atoms with Gasteiger partial charge < -0.3 is 25.2 Å². The molecule has 178 valence electrons. The van der Waals surface area contributed by atoms with Crippen molar-refractivity contribution in [2.45, 2.75) is 43.4 Å². The second-order valence-corrected chi connectivity index (χ2v) is 9.77. The molecule has 0 bridgehead atoms. The Balaban J connectivity index is 1.29. The molecule has 0 aliphatic carbocycles. The van der Waals surface area contributed by atoms with Gasteiger partial charge in [-0.15, -0.1) is 11.3 Å². The van der Waals surface area contributed by atoms with Gasteiger partial charge in [-0.25, -0.2) is 0 Å². The Morgan fingerprint density at radius 3 is 2.79 bits per heavy atom. The smallest absolute Gasteiger partial charge is 0.264 e. The molecule has 0 saturated carbocycles. The van der Waals surface area contributed by atoms with Crippen molar-refractivity contribution in [2.24, 2.45) is 0 Å². The van der Waals surface area contributed by atoms with Gasteiger partial charge in [-0.2, -0.15) is 0 Å². The maximum atomic E-state index is 13.6. The summed E-state index contributed by atoms with van der Waals surface area (Å²) in [7, 11) is 1.56. The number of thiophene rings is 1. The number of fused-ring (bicyclic) bond motifs is 2. The lowest BCUT2D eigenvalue weighted by Gasteiger charge is -2.29. The Morgan fingerprint density at radius 1 is 1.21 bits per heavy atom. The van der Waals surface area contributed by atoms with Gasteiger partial charge >= 0.3 is 0 Å². The number of methoxy groups -OCH3 is 1. The molecule has 2 aromatic rings. The predicted molar refractivity (Wildman–Crippen MR) is 124 cm³/mol. The minimum Gasteiger partial charge on any atom is -0.496 e. The quantitative estimate of drug-likeness (QED) is 0.656. The van der Waals surface area contributed by atoms with Crippen LogP contribution >= 0.6 is 11.3 Å². The molecule has 4 atom stereocenters. The van der Waals surface area contributed by atoms with Crippen LogP contribution < -0.4 is 15.4 Å². The Bertz CT molecular complexity index is 1120. The van der Waals surface area contributed by atoms with Gasteiger partial charge in [0, 0.05) is 24.7 Å². The Labute approximate surface area is 201 Å². The standard InChI is InChI=1S/C24H26N4O5S/c1-33-18-6-3-2-5-14(18)11-20(29)25-15-12-17-22(30)26-16-8-9-27(21(16)24(32)28(17)13-15)23(31)19-7-4-10-34-19/h2-7,10,15-17,21H,8-9,11-13H2,1H3,(H,25,29)(H,26,30)/t15-,16-,17+,21+/m1/s1. The Kier molecular flexibility index (Phi) is 5.99. The van der Waals surface area contributed by atoms with Crippen molar-refractivity contribution in [3.8, 4) is 5.75 Å². The van der Waals surface area contributed by atoms with E-state index in [9.17, 15) is 19.2 Å². The fraction of sp³-hybridized carbons (Fsp3) is 0.417. The molecule has 34 heavy (non-hydrogen) atoms. The van der Waals surface area contributed by atoms with E-state index in [4.69, 9.17) is 4.74 Å². The summed E-state index contributed by atoms with van der Waals surface area (Å²) in [6.45, 7) is 0.647. The first-order valence-electron chi connectivity index (χ1n) is 11.3. The molecule has 4 amide bonds. The largest absolute Gasteiger partial charge is 0.496 e. The first kappa shape index (κ1) is 22.4. The van der Waals surface area contributed by atoms with Gasteiger partial charge in [-0.3, -0.25) is 19.2 Å². The molecule has 9 nitrogen and oxygen atoms in total. The number of benzene rings is 1. The summed E-state index contributed by atoms with van der Waals surface area (Å²) in [6.07, 6.45) is 1.02. The number of hydrogen-bond acceptors (Lipinski definition) is 6. The molecule has 3 aliphatic heterocycles. The highest BCUT2D eigenvalue weighted by molar-refractivity contribution is 7.12. The lowest BCUT2D eigenvalue weighted by atomic mass is 10.1. The summed E-state index contributed by atoms with van der Waals surface area (Å²) >= 11 is 1.33. The van der Waals surface area contributed by atoms with Crippen molar-refractivity contribution in [3.63, 3.8) is 0 Å². The fourth-order valence-corrected chi connectivity index (χ4v) is 5.88. The van der Waals surface area contributed by atoms with E-state index in [2.05, 4.69) is 10.6 Å². The number of hydrogen-bond donors (Lipinski definition) is 2. The summed E-state index contributed by atoms with van der Waals surface area (Å²) < 4.78 is 5.31. The molecule has 0 radical (unpaired) electrons. The average Bonchev–Trinajstić information content (AvgIpc) is 3.57. The minimum atomic E-state index is -0.730. The molecular formula is C24H26N4O5S. The van der Waals surface area contributed by atoms with Gasteiger partial charge in [0.05, 0.1) is 24.4 Å². The molecule has 1 aromatic carbocycles. The zero-order chi connectivity index (χ0) is 23.8. The normalized spacial score (nSPS) is 25.9. The topological polar surface area (TPSA) is 108 Å². The molecular weight excluding hydrogens is 456 g/mol. The summed E-state index contributed by atoms with van der Waals surface area (Å²) in [4.78, 5) is 55.9. The van der Waals surface area contributed by atoms with Crippen LogP contribution in [0.4, 0.5) is 0 Å². The monoisotopic (exact) mass is 482 g/mol. The number of carbonyl (C=O) groups excluding carboxylic acids is 4. The van der Waals surface area contributed by atoms with Gasteiger partial charge in [0.2, 0.25) is 17.7 Å². The van der Waals surface area contributed by atoms with E-state index in [1.165, 1.54) is 16.2 Å². The Hall–Kier alpha value is -3.40. The van der Waals surface area contributed by atoms with Crippen LogP contribution in [0.2, 0.25) is 0 Å². The highest BCUT2D eigenvalue weighted by Gasteiger charge is 2.52. The number of carbonyl (C=O) groups is 4. The van der Waals surface area contributed by atoms with Crippen molar-refractivity contribution in [2.75, 3.05) is 20.2 Å². The van der Waals surface area contributed by atoms with Crippen LogP contribution in [-0.4, -0.2) is 77.8 Å². The molecule has 2 N–H and O–H groups in total. The fourth-order valence-electron chi connectivity index (χ4n) is 5.20. The highest BCUT2D eigenvalue weighted by Crippen LogP contribution is 2.30. The van der Waals surface area contributed by atoms with E-state index in [0.717, 1.165) is 5.56 Å². The number of nitrogens with zero attached hydrogens (tertiary/aromatic N) is 2. The van der Waals surface area contributed by atoms with Crippen LogP contribution in [0.5, 0.6) is 5.75 Å².